The van der Waals surface area contributed by atoms with Gasteiger partial charge in [-0.3, -0.25) is 9.59 Å². The first-order valence-electron chi connectivity index (χ1n) is 7.04. The molecule has 5 heteroatoms. The lowest BCUT2D eigenvalue weighted by Gasteiger charge is -2.20. The highest BCUT2D eigenvalue weighted by Crippen LogP contribution is 2.26. The van der Waals surface area contributed by atoms with Gasteiger partial charge in [0, 0.05) is 19.2 Å². The van der Waals surface area contributed by atoms with Crippen molar-refractivity contribution >= 4 is 17.6 Å². The predicted molar refractivity (Wildman–Crippen MR) is 77.2 cm³/mol. The summed E-state index contributed by atoms with van der Waals surface area (Å²) in [6, 6.07) is 3.67. The molecule has 1 aromatic heterocycles. The van der Waals surface area contributed by atoms with Crippen LogP contribution < -0.4 is 5.32 Å². The minimum atomic E-state index is -0.211. The lowest BCUT2D eigenvalue weighted by molar-refractivity contribution is -0.136. The van der Waals surface area contributed by atoms with Gasteiger partial charge < -0.3 is 10.2 Å². The minimum Gasteiger partial charge on any atom is -0.336 e. The second-order valence-corrected chi connectivity index (χ2v) is 5.44. The fraction of sp³-hybridized carbons (Fsp3) is 0.533. The second kappa shape index (κ2) is 6.50. The van der Waals surface area contributed by atoms with Crippen LogP contribution in [0.15, 0.2) is 18.3 Å². The number of aryl methyl sites for hydroxylation is 1. The van der Waals surface area contributed by atoms with E-state index in [4.69, 9.17) is 0 Å². The van der Waals surface area contributed by atoms with Crippen LogP contribution in [0.5, 0.6) is 0 Å². The Morgan fingerprint density at radius 3 is 2.75 bits per heavy atom. The highest BCUT2D eigenvalue weighted by Gasteiger charge is 2.26. The number of hydrogen-bond acceptors (Lipinski definition) is 3. The van der Waals surface area contributed by atoms with Gasteiger partial charge in [-0.25, -0.2) is 4.98 Å². The number of aromatic nitrogens is 1. The third-order valence-electron chi connectivity index (χ3n) is 3.64. The minimum absolute atomic E-state index is 0.0744. The summed E-state index contributed by atoms with van der Waals surface area (Å²) in [5.74, 6) is 0.494. The van der Waals surface area contributed by atoms with Crippen molar-refractivity contribution in [2.45, 2.75) is 32.6 Å². The maximum Gasteiger partial charge on any atom is 0.245 e. The van der Waals surface area contributed by atoms with E-state index in [-0.39, 0.29) is 24.3 Å². The molecule has 1 heterocycles. The molecule has 1 fully saturated rings. The number of anilines is 1. The number of nitrogens with one attached hydrogen (secondary N) is 1. The van der Waals surface area contributed by atoms with Crippen molar-refractivity contribution in [3.05, 3.63) is 23.9 Å². The molecule has 1 aliphatic rings. The van der Waals surface area contributed by atoms with Crippen LogP contribution in [0.2, 0.25) is 0 Å². The number of amides is 2. The van der Waals surface area contributed by atoms with Crippen LogP contribution in [-0.2, 0) is 9.59 Å². The zero-order valence-electron chi connectivity index (χ0n) is 12.1. The Labute approximate surface area is 119 Å². The molecule has 5 nitrogen and oxygen atoms in total. The van der Waals surface area contributed by atoms with Gasteiger partial charge in [0.1, 0.15) is 5.82 Å². The molecule has 2 rings (SSSR count). The number of nitrogens with zero attached hydrogens (tertiary/aromatic N) is 2. The van der Waals surface area contributed by atoms with Crippen LogP contribution in [0, 0.1) is 12.8 Å². The summed E-state index contributed by atoms with van der Waals surface area (Å²) in [7, 11) is 1.68. The lowest BCUT2D eigenvalue weighted by Crippen LogP contribution is -2.38. The number of rotatable bonds is 4. The van der Waals surface area contributed by atoms with E-state index in [0.29, 0.717) is 5.82 Å². The van der Waals surface area contributed by atoms with Crippen LogP contribution in [0.25, 0.3) is 0 Å². The molecule has 1 N–H and O–H groups in total. The quantitative estimate of drug-likeness (QED) is 0.914. The molecular formula is C15H21N3O2. The number of hydrogen-bond donors (Lipinski definition) is 1. The van der Waals surface area contributed by atoms with Crippen molar-refractivity contribution < 1.29 is 9.59 Å². The van der Waals surface area contributed by atoms with Gasteiger partial charge in [-0.15, -0.1) is 0 Å². The highest BCUT2D eigenvalue weighted by atomic mass is 16.2. The Bertz CT molecular complexity index is 496. The third kappa shape index (κ3) is 3.79. The standard InChI is InChI=1S/C15H21N3O2/c1-11-7-8-16-13(9-11)17-14(19)10-18(2)15(20)12-5-3-4-6-12/h7-9,12H,3-6,10H2,1-2H3,(H,16,17,19). The molecule has 0 aromatic carbocycles. The Hall–Kier alpha value is -1.91. The zero-order valence-corrected chi connectivity index (χ0v) is 12.1. The van der Waals surface area contributed by atoms with Gasteiger partial charge in [-0.2, -0.15) is 0 Å². The summed E-state index contributed by atoms with van der Waals surface area (Å²) in [5, 5.41) is 2.72. The SMILES string of the molecule is Cc1ccnc(NC(=O)CN(C)C(=O)C2CCCC2)c1. The topological polar surface area (TPSA) is 62.3 Å². The second-order valence-electron chi connectivity index (χ2n) is 5.44. The predicted octanol–water partition coefficient (Wildman–Crippen LogP) is 1.98. The van der Waals surface area contributed by atoms with Gasteiger partial charge >= 0.3 is 0 Å². The Balaban J connectivity index is 1.85. The summed E-state index contributed by atoms with van der Waals surface area (Å²) >= 11 is 0. The normalized spacial score (nSPS) is 15.1. The van der Waals surface area contributed by atoms with Gasteiger partial charge in [-0.05, 0) is 37.5 Å². The average Bonchev–Trinajstić information content (AvgIpc) is 2.91. The summed E-state index contributed by atoms with van der Waals surface area (Å²) in [4.78, 5) is 29.6. The molecule has 0 saturated heterocycles. The van der Waals surface area contributed by atoms with Gasteiger partial charge in [0.2, 0.25) is 11.8 Å². The average molecular weight is 275 g/mol. The van der Waals surface area contributed by atoms with E-state index < -0.39 is 0 Å². The molecule has 0 radical (unpaired) electrons. The van der Waals surface area contributed by atoms with Gasteiger partial charge in [0.25, 0.3) is 0 Å². The van der Waals surface area contributed by atoms with Gasteiger partial charge in [-0.1, -0.05) is 12.8 Å². The maximum absolute atomic E-state index is 12.1. The van der Waals surface area contributed by atoms with Crippen molar-refractivity contribution in [1.82, 2.24) is 9.88 Å². The van der Waals surface area contributed by atoms with Crippen LogP contribution >= 0.6 is 0 Å². The van der Waals surface area contributed by atoms with Crippen LogP contribution in [-0.4, -0.2) is 35.3 Å². The summed E-state index contributed by atoms with van der Waals surface area (Å²) in [6.45, 7) is 2.01. The fourth-order valence-corrected chi connectivity index (χ4v) is 2.56. The molecule has 2 amide bonds. The Morgan fingerprint density at radius 2 is 2.10 bits per heavy atom. The Morgan fingerprint density at radius 1 is 1.40 bits per heavy atom. The number of carbonyl (C=O) groups is 2. The van der Waals surface area contributed by atoms with Gasteiger partial charge in [0.05, 0.1) is 6.54 Å². The molecular weight excluding hydrogens is 254 g/mol. The molecule has 0 aliphatic heterocycles. The molecule has 0 unspecified atom stereocenters. The van der Waals surface area contributed by atoms with E-state index in [1.165, 1.54) is 4.90 Å². The summed E-state index contributed by atoms with van der Waals surface area (Å²) in [5.41, 5.74) is 1.03. The monoisotopic (exact) mass is 275 g/mol. The van der Waals surface area contributed by atoms with Crippen molar-refractivity contribution in [3.8, 4) is 0 Å². The number of pyridine rings is 1. The summed E-state index contributed by atoms with van der Waals surface area (Å²) in [6.07, 6.45) is 5.78. The van der Waals surface area contributed by atoms with Crippen LogP contribution in [0.4, 0.5) is 5.82 Å². The van der Waals surface area contributed by atoms with Crippen molar-refractivity contribution in [2.24, 2.45) is 5.92 Å². The number of likely N-dealkylation sites (N-methyl/N-ethyl adjacent to an activating group) is 1. The largest absolute Gasteiger partial charge is 0.336 e. The summed E-state index contributed by atoms with van der Waals surface area (Å²) < 4.78 is 0. The fourth-order valence-electron chi connectivity index (χ4n) is 2.56. The molecule has 1 aliphatic carbocycles. The zero-order chi connectivity index (χ0) is 14.5. The first kappa shape index (κ1) is 14.5. The Kier molecular flexibility index (Phi) is 4.71. The van der Waals surface area contributed by atoms with Crippen molar-refractivity contribution in [3.63, 3.8) is 0 Å². The molecule has 1 saturated carbocycles. The molecule has 0 atom stereocenters. The van der Waals surface area contributed by atoms with Crippen molar-refractivity contribution in [2.75, 3.05) is 18.9 Å². The van der Waals surface area contributed by atoms with E-state index >= 15 is 0 Å². The van der Waals surface area contributed by atoms with E-state index in [9.17, 15) is 9.59 Å². The highest BCUT2D eigenvalue weighted by molar-refractivity contribution is 5.94. The van der Waals surface area contributed by atoms with Gasteiger partial charge in [0.15, 0.2) is 0 Å². The van der Waals surface area contributed by atoms with Crippen LogP contribution in [0.1, 0.15) is 31.2 Å². The van der Waals surface area contributed by atoms with E-state index in [0.717, 1.165) is 31.2 Å². The van der Waals surface area contributed by atoms with Crippen molar-refractivity contribution in [1.29, 1.82) is 0 Å². The van der Waals surface area contributed by atoms with Crippen LogP contribution in [0.3, 0.4) is 0 Å². The third-order valence-corrected chi connectivity index (χ3v) is 3.64. The van der Waals surface area contributed by atoms with E-state index in [1.54, 1.807) is 19.3 Å². The first-order chi connectivity index (χ1) is 9.56. The molecule has 20 heavy (non-hydrogen) atoms. The first-order valence-corrected chi connectivity index (χ1v) is 7.04. The number of carbonyl (C=O) groups excluding carboxylic acids is 2. The molecule has 0 spiro atoms. The smallest absolute Gasteiger partial charge is 0.245 e. The maximum atomic E-state index is 12.1. The molecule has 108 valence electrons. The van der Waals surface area contributed by atoms with E-state index in [2.05, 4.69) is 10.3 Å². The molecule has 0 bridgehead atoms. The van der Waals surface area contributed by atoms with E-state index in [1.807, 2.05) is 13.0 Å². The lowest BCUT2D eigenvalue weighted by atomic mass is 10.1. The molecule has 1 aromatic rings.